The first-order valence-corrected chi connectivity index (χ1v) is 8.23. The van der Waals surface area contributed by atoms with Crippen LogP contribution in [-0.2, 0) is 4.79 Å². The fourth-order valence-corrected chi connectivity index (χ4v) is 3.28. The molecule has 6 heteroatoms. The number of likely N-dealkylation sites (N-methyl/N-ethyl adjacent to an activating group) is 1. The minimum atomic E-state index is -0.131. The molecule has 1 aromatic rings. The van der Waals surface area contributed by atoms with Crippen molar-refractivity contribution in [1.82, 2.24) is 20.0 Å². The SMILES string of the molecule is CN1CCN(C(C(=O)N2CCNCC2)c2ccccc2)CC1.Cl. The lowest BCUT2D eigenvalue weighted by atomic mass is 10.0. The minimum absolute atomic E-state index is 0. The third-order valence-electron chi connectivity index (χ3n) is 4.68. The number of piperazine rings is 2. The summed E-state index contributed by atoms with van der Waals surface area (Å²) in [5.41, 5.74) is 1.12. The number of hydrogen-bond acceptors (Lipinski definition) is 4. The Morgan fingerprint density at radius 1 is 1.00 bits per heavy atom. The zero-order valence-corrected chi connectivity index (χ0v) is 14.6. The summed E-state index contributed by atoms with van der Waals surface area (Å²) >= 11 is 0. The van der Waals surface area contributed by atoms with Gasteiger partial charge in [0.05, 0.1) is 0 Å². The second-order valence-corrected chi connectivity index (χ2v) is 6.23. The molecule has 2 saturated heterocycles. The lowest BCUT2D eigenvalue weighted by Crippen LogP contribution is -2.53. The number of nitrogens with zero attached hydrogens (tertiary/aromatic N) is 3. The van der Waals surface area contributed by atoms with Gasteiger partial charge in [-0.1, -0.05) is 30.3 Å². The molecule has 128 valence electrons. The zero-order chi connectivity index (χ0) is 15.4. The molecule has 1 atom stereocenters. The van der Waals surface area contributed by atoms with Crippen LogP contribution >= 0.6 is 12.4 Å². The van der Waals surface area contributed by atoms with Crippen LogP contribution in [0.25, 0.3) is 0 Å². The van der Waals surface area contributed by atoms with E-state index in [0.29, 0.717) is 0 Å². The summed E-state index contributed by atoms with van der Waals surface area (Å²) < 4.78 is 0. The summed E-state index contributed by atoms with van der Waals surface area (Å²) in [6.07, 6.45) is 0. The second-order valence-electron chi connectivity index (χ2n) is 6.23. The van der Waals surface area contributed by atoms with E-state index in [0.717, 1.165) is 57.9 Å². The van der Waals surface area contributed by atoms with Crippen LogP contribution in [0.15, 0.2) is 30.3 Å². The first-order valence-electron chi connectivity index (χ1n) is 8.23. The third kappa shape index (κ3) is 4.44. The number of nitrogens with one attached hydrogen (secondary N) is 1. The van der Waals surface area contributed by atoms with Crippen molar-refractivity contribution in [3.8, 4) is 0 Å². The quantitative estimate of drug-likeness (QED) is 0.886. The van der Waals surface area contributed by atoms with E-state index in [1.54, 1.807) is 0 Å². The Morgan fingerprint density at radius 3 is 2.22 bits per heavy atom. The van der Waals surface area contributed by atoms with Crippen molar-refractivity contribution in [2.75, 3.05) is 59.4 Å². The van der Waals surface area contributed by atoms with Gasteiger partial charge in [0.1, 0.15) is 6.04 Å². The first kappa shape index (κ1) is 18.2. The number of rotatable bonds is 3. The molecule has 0 aromatic heterocycles. The van der Waals surface area contributed by atoms with Crippen LogP contribution in [0, 0.1) is 0 Å². The Morgan fingerprint density at radius 2 is 1.61 bits per heavy atom. The Hall–Kier alpha value is -1.14. The van der Waals surface area contributed by atoms with Crippen LogP contribution in [0.4, 0.5) is 0 Å². The zero-order valence-electron chi connectivity index (χ0n) is 13.8. The fraction of sp³-hybridized carbons (Fsp3) is 0.588. The number of halogens is 1. The average Bonchev–Trinajstić information content (AvgIpc) is 2.58. The van der Waals surface area contributed by atoms with Gasteiger partial charge >= 0.3 is 0 Å². The summed E-state index contributed by atoms with van der Waals surface area (Å²) in [7, 11) is 2.15. The van der Waals surface area contributed by atoms with E-state index < -0.39 is 0 Å². The lowest BCUT2D eigenvalue weighted by Gasteiger charge is -2.40. The Kier molecular flexibility index (Phi) is 6.84. The monoisotopic (exact) mass is 338 g/mol. The van der Waals surface area contributed by atoms with Gasteiger partial charge in [-0.05, 0) is 12.6 Å². The van der Waals surface area contributed by atoms with Gasteiger partial charge in [0, 0.05) is 52.4 Å². The Bertz CT molecular complexity index is 485. The van der Waals surface area contributed by atoms with Crippen molar-refractivity contribution in [1.29, 1.82) is 0 Å². The third-order valence-corrected chi connectivity index (χ3v) is 4.68. The number of amides is 1. The summed E-state index contributed by atoms with van der Waals surface area (Å²) in [5, 5.41) is 3.32. The van der Waals surface area contributed by atoms with E-state index in [2.05, 4.69) is 34.3 Å². The van der Waals surface area contributed by atoms with Gasteiger partial charge in [-0.25, -0.2) is 0 Å². The summed E-state index contributed by atoms with van der Waals surface area (Å²) in [6, 6.07) is 10.1. The Balaban J connectivity index is 0.00000192. The van der Waals surface area contributed by atoms with E-state index >= 15 is 0 Å². The van der Waals surface area contributed by atoms with E-state index in [1.807, 2.05) is 23.1 Å². The number of carbonyl (C=O) groups excluding carboxylic acids is 1. The van der Waals surface area contributed by atoms with Crippen LogP contribution < -0.4 is 5.32 Å². The molecule has 2 fully saturated rings. The molecule has 1 aromatic carbocycles. The predicted molar refractivity (Wildman–Crippen MR) is 95.0 cm³/mol. The molecule has 0 aliphatic carbocycles. The molecule has 0 bridgehead atoms. The van der Waals surface area contributed by atoms with Gasteiger partial charge < -0.3 is 15.1 Å². The van der Waals surface area contributed by atoms with Gasteiger partial charge in [0.25, 0.3) is 0 Å². The predicted octanol–water partition coefficient (Wildman–Crippen LogP) is 0.829. The molecule has 1 unspecified atom stereocenters. The molecule has 5 nitrogen and oxygen atoms in total. The molecular formula is C17H27ClN4O. The lowest BCUT2D eigenvalue weighted by molar-refractivity contribution is -0.138. The van der Waals surface area contributed by atoms with E-state index in [4.69, 9.17) is 0 Å². The first-order chi connectivity index (χ1) is 10.8. The van der Waals surface area contributed by atoms with Crippen molar-refractivity contribution in [3.05, 3.63) is 35.9 Å². The van der Waals surface area contributed by atoms with Crippen LogP contribution in [-0.4, -0.2) is 80.0 Å². The van der Waals surface area contributed by atoms with Gasteiger partial charge in [0.15, 0.2) is 0 Å². The molecule has 2 aliphatic rings. The fourth-order valence-electron chi connectivity index (χ4n) is 3.28. The van der Waals surface area contributed by atoms with Crippen LogP contribution in [0.3, 0.4) is 0 Å². The second kappa shape index (κ2) is 8.64. The van der Waals surface area contributed by atoms with E-state index in [9.17, 15) is 4.79 Å². The highest BCUT2D eigenvalue weighted by Crippen LogP contribution is 2.24. The maximum absolute atomic E-state index is 13.1. The topological polar surface area (TPSA) is 38.8 Å². The highest BCUT2D eigenvalue weighted by Gasteiger charge is 2.33. The average molecular weight is 339 g/mol. The smallest absolute Gasteiger partial charge is 0.244 e. The summed E-state index contributed by atoms with van der Waals surface area (Å²) in [5.74, 6) is 0.261. The highest BCUT2D eigenvalue weighted by atomic mass is 35.5. The maximum Gasteiger partial charge on any atom is 0.244 e. The minimum Gasteiger partial charge on any atom is -0.338 e. The molecule has 3 rings (SSSR count). The summed E-state index contributed by atoms with van der Waals surface area (Å²) in [6.45, 7) is 7.38. The van der Waals surface area contributed by atoms with Crippen LogP contribution in [0.2, 0.25) is 0 Å². The molecule has 23 heavy (non-hydrogen) atoms. The van der Waals surface area contributed by atoms with Crippen molar-refractivity contribution in [3.63, 3.8) is 0 Å². The molecule has 0 saturated carbocycles. The highest BCUT2D eigenvalue weighted by molar-refractivity contribution is 5.85. The molecule has 1 amide bonds. The van der Waals surface area contributed by atoms with Gasteiger partial charge in [-0.15, -0.1) is 12.4 Å². The number of hydrogen-bond donors (Lipinski definition) is 1. The molecule has 0 radical (unpaired) electrons. The normalized spacial score (nSPS) is 21.5. The largest absolute Gasteiger partial charge is 0.338 e. The van der Waals surface area contributed by atoms with Crippen molar-refractivity contribution in [2.24, 2.45) is 0 Å². The summed E-state index contributed by atoms with van der Waals surface area (Å²) in [4.78, 5) is 19.8. The number of benzene rings is 1. The molecule has 2 aliphatic heterocycles. The van der Waals surface area contributed by atoms with Crippen molar-refractivity contribution < 1.29 is 4.79 Å². The standard InChI is InChI=1S/C17H26N4O.ClH/c1-19-11-13-20(14-12-19)16(15-5-3-2-4-6-15)17(22)21-9-7-18-8-10-21;/h2-6,16,18H,7-14H2,1H3;1H. The van der Waals surface area contributed by atoms with Crippen LogP contribution in [0.1, 0.15) is 11.6 Å². The van der Waals surface area contributed by atoms with Crippen molar-refractivity contribution in [2.45, 2.75) is 6.04 Å². The molecule has 0 spiro atoms. The van der Waals surface area contributed by atoms with E-state index in [1.165, 1.54) is 0 Å². The van der Waals surface area contributed by atoms with Gasteiger partial charge in [0.2, 0.25) is 5.91 Å². The van der Waals surface area contributed by atoms with E-state index in [-0.39, 0.29) is 24.4 Å². The molecule has 2 heterocycles. The van der Waals surface area contributed by atoms with Gasteiger partial charge in [-0.2, -0.15) is 0 Å². The van der Waals surface area contributed by atoms with Crippen molar-refractivity contribution >= 4 is 18.3 Å². The Labute approximate surface area is 145 Å². The maximum atomic E-state index is 13.1. The molecular weight excluding hydrogens is 312 g/mol. The van der Waals surface area contributed by atoms with Crippen LogP contribution in [0.5, 0.6) is 0 Å². The molecule has 1 N–H and O–H groups in total. The number of carbonyl (C=O) groups is 1. The van der Waals surface area contributed by atoms with Gasteiger partial charge in [-0.3, -0.25) is 9.69 Å².